The fourth-order valence-corrected chi connectivity index (χ4v) is 2.17. The van der Waals surface area contributed by atoms with Crippen molar-refractivity contribution in [3.8, 4) is 5.75 Å². The summed E-state index contributed by atoms with van der Waals surface area (Å²) in [4.78, 5) is 0. The monoisotopic (exact) mass is 239 g/mol. The highest BCUT2D eigenvalue weighted by molar-refractivity contribution is 6.30. The first kappa shape index (κ1) is 11.7. The maximum atomic E-state index is 10.3. The molecular weight excluding hydrogens is 222 g/mol. The van der Waals surface area contributed by atoms with Gasteiger partial charge in [0.15, 0.2) is 0 Å². The molecule has 2 rings (SSSR count). The molecule has 3 N–H and O–H groups in total. The summed E-state index contributed by atoms with van der Waals surface area (Å²) in [7, 11) is 0. The van der Waals surface area contributed by atoms with Gasteiger partial charge in [0.25, 0.3) is 0 Å². The molecule has 1 aliphatic rings. The number of halogens is 1. The van der Waals surface area contributed by atoms with Gasteiger partial charge in [-0.3, -0.25) is 0 Å². The number of phenolic OH excluding ortho intramolecular Hbond substituents is 1. The van der Waals surface area contributed by atoms with E-state index in [1.807, 2.05) is 6.07 Å². The summed E-state index contributed by atoms with van der Waals surface area (Å²) >= 11 is 6.10. The van der Waals surface area contributed by atoms with Crippen molar-refractivity contribution in [2.45, 2.75) is 44.6 Å². The van der Waals surface area contributed by atoms with Gasteiger partial charge in [-0.15, -0.1) is 0 Å². The molecule has 88 valence electrons. The van der Waals surface area contributed by atoms with E-state index < -0.39 is 0 Å². The van der Waals surface area contributed by atoms with E-state index in [2.05, 4.69) is 20.8 Å². The molecule has 1 fully saturated rings. The lowest BCUT2D eigenvalue weighted by molar-refractivity contribution is 0.433. The zero-order valence-corrected chi connectivity index (χ0v) is 10.7. The minimum atomic E-state index is -0.352. The van der Waals surface area contributed by atoms with Crippen molar-refractivity contribution >= 4 is 11.6 Å². The predicted molar refractivity (Wildman–Crippen MR) is 66.9 cm³/mol. The van der Waals surface area contributed by atoms with Crippen molar-refractivity contribution in [3.05, 3.63) is 28.3 Å². The number of benzene rings is 1. The van der Waals surface area contributed by atoms with Crippen molar-refractivity contribution in [2.24, 2.45) is 5.73 Å². The topological polar surface area (TPSA) is 46.2 Å². The van der Waals surface area contributed by atoms with Gasteiger partial charge in [0, 0.05) is 21.7 Å². The second kappa shape index (κ2) is 3.38. The summed E-state index contributed by atoms with van der Waals surface area (Å²) in [6, 6.07) is 3.62. The lowest BCUT2D eigenvalue weighted by Gasteiger charge is -2.24. The Bertz CT molecular complexity index is 404. The van der Waals surface area contributed by atoms with Crippen molar-refractivity contribution in [1.29, 1.82) is 0 Å². The Labute approximate surface area is 101 Å². The molecule has 3 heteroatoms. The van der Waals surface area contributed by atoms with Crippen LogP contribution in [-0.2, 0) is 11.0 Å². The van der Waals surface area contributed by atoms with Crippen LogP contribution in [0.4, 0.5) is 0 Å². The minimum Gasteiger partial charge on any atom is -0.507 e. The standard InChI is InChI=1S/C13H18ClNO/c1-12(2,3)9-6-8(14)7-10(11(9)16)13(15)4-5-13/h6-7,16H,4-5,15H2,1-3H3. The normalized spacial score (nSPS) is 18.6. The van der Waals surface area contributed by atoms with Crippen LogP contribution in [0.3, 0.4) is 0 Å². The molecule has 0 bridgehead atoms. The Morgan fingerprint density at radius 2 is 1.88 bits per heavy atom. The zero-order chi connectivity index (χ0) is 12.1. The third-order valence-corrected chi connectivity index (χ3v) is 3.43. The van der Waals surface area contributed by atoms with Gasteiger partial charge in [0.1, 0.15) is 5.75 Å². The Kier molecular flexibility index (Phi) is 2.48. The minimum absolute atomic E-state index is 0.130. The number of phenols is 1. The molecule has 1 aliphatic carbocycles. The van der Waals surface area contributed by atoms with Gasteiger partial charge in [0.2, 0.25) is 0 Å². The molecular formula is C13H18ClNO. The molecule has 1 aromatic carbocycles. The molecule has 0 saturated heterocycles. The molecule has 1 aromatic rings. The highest BCUT2D eigenvalue weighted by Crippen LogP contribution is 2.49. The van der Waals surface area contributed by atoms with Gasteiger partial charge < -0.3 is 10.8 Å². The maximum Gasteiger partial charge on any atom is 0.124 e. The van der Waals surface area contributed by atoms with Crippen LogP contribution in [-0.4, -0.2) is 5.11 Å². The van der Waals surface area contributed by atoms with Crippen LogP contribution in [0.2, 0.25) is 5.02 Å². The molecule has 0 aromatic heterocycles. The van der Waals surface area contributed by atoms with E-state index in [0.29, 0.717) is 10.8 Å². The van der Waals surface area contributed by atoms with Crippen molar-refractivity contribution in [1.82, 2.24) is 0 Å². The number of hydrogen-bond acceptors (Lipinski definition) is 2. The lowest BCUT2D eigenvalue weighted by Crippen LogP contribution is -2.21. The summed E-state index contributed by atoms with van der Waals surface area (Å²) in [5, 5.41) is 10.9. The number of aromatic hydroxyl groups is 1. The van der Waals surface area contributed by atoms with Gasteiger partial charge in [-0.25, -0.2) is 0 Å². The van der Waals surface area contributed by atoms with Gasteiger partial charge in [0.05, 0.1) is 0 Å². The molecule has 2 nitrogen and oxygen atoms in total. The zero-order valence-electron chi connectivity index (χ0n) is 9.97. The Morgan fingerprint density at radius 1 is 1.31 bits per heavy atom. The maximum absolute atomic E-state index is 10.3. The first-order valence-corrected chi connectivity index (χ1v) is 5.94. The van der Waals surface area contributed by atoms with Crippen LogP contribution in [0.5, 0.6) is 5.75 Å². The van der Waals surface area contributed by atoms with E-state index >= 15 is 0 Å². The predicted octanol–water partition coefficient (Wildman–Crippen LogP) is 3.29. The van der Waals surface area contributed by atoms with E-state index in [4.69, 9.17) is 17.3 Å². The smallest absolute Gasteiger partial charge is 0.124 e. The molecule has 1 saturated carbocycles. The van der Waals surface area contributed by atoms with Gasteiger partial charge in [-0.05, 0) is 30.4 Å². The SMILES string of the molecule is CC(C)(C)c1cc(Cl)cc(C2(N)CC2)c1O. The van der Waals surface area contributed by atoms with Crippen molar-refractivity contribution < 1.29 is 5.11 Å². The number of nitrogens with two attached hydrogens (primary N) is 1. The van der Waals surface area contributed by atoms with Crippen molar-refractivity contribution in [2.75, 3.05) is 0 Å². The summed E-state index contributed by atoms with van der Waals surface area (Å²) in [6.07, 6.45) is 1.84. The molecule has 0 unspecified atom stereocenters. The van der Waals surface area contributed by atoms with Crippen LogP contribution in [0.15, 0.2) is 12.1 Å². The second-order valence-electron chi connectivity index (χ2n) is 5.76. The quantitative estimate of drug-likeness (QED) is 0.790. The Balaban J connectivity index is 2.60. The summed E-state index contributed by atoms with van der Waals surface area (Å²) < 4.78 is 0. The van der Waals surface area contributed by atoms with Gasteiger partial charge in [-0.2, -0.15) is 0 Å². The van der Waals surface area contributed by atoms with E-state index in [9.17, 15) is 5.11 Å². The first-order chi connectivity index (χ1) is 7.24. The van der Waals surface area contributed by atoms with E-state index in [0.717, 1.165) is 24.0 Å². The fraction of sp³-hybridized carbons (Fsp3) is 0.538. The highest BCUT2D eigenvalue weighted by atomic mass is 35.5. The van der Waals surface area contributed by atoms with Crippen LogP contribution in [0, 0.1) is 0 Å². The van der Waals surface area contributed by atoms with E-state index in [-0.39, 0.29) is 11.0 Å². The third-order valence-electron chi connectivity index (χ3n) is 3.21. The van der Waals surface area contributed by atoms with Gasteiger partial charge >= 0.3 is 0 Å². The fourth-order valence-electron chi connectivity index (χ4n) is 1.95. The van der Waals surface area contributed by atoms with Crippen LogP contribution < -0.4 is 5.73 Å². The van der Waals surface area contributed by atoms with E-state index in [1.54, 1.807) is 6.07 Å². The largest absolute Gasteiger partial charge is 0.507 e. The van der Waals surface area contributed by atoms with E-state index in [1.165, 1.54) is 0 Å². The second-order valence-corrected chi connectivity index (χ2v) is 6.19. The average molecular weight is 240 g/mol. The third kappa shape index (κ3) is 1.92. The molecule has 0 heterocycles. The molecule has 16 heavy (non-hydrogen) atoms. The average Bonchev–Trinajstić information content (AvgIpc) is 2.86. The highest BCUT2D eigenvalue weighted by Gasteiger charge is 2.43. The van der Waals surface area contributed by atoms with Crippen LogP contribution >= 0.6 is 11.6 Å². The summed E-state index contributed by atoms with van der Waals surface area (Å²) in [5.74, 6) is 0.317. The van der Waals surface area contributed by atoms with Crippen LogP contribution in [0.25, 0.3) is 0 Å². The molecule has 0 atom stereocenters. The summed E-state index contributed by atoms with van der Waals surface area (Å²) in [6.45, 7) is 6.16. The van der Waals surface area contributed by atoms with Crippen molar-refractivity contribution in [3.63, 3.8) is 0 Å². The van der Waals surface area contributed by atoms with Gasteiger partial charge in [-0.1, -0.05) is 32.4 Å². The number of rotatable bonds is 1. The number of hydrogen-bond donors (Lipinski definition) is 2. The molecule has 0 radical (unpaired) electrons. The molecule has 0 aliphatic heterocycles. The van der Waals surface area contributed by atoms with Crippen LogP contribution in [0.1, 0.15) is 44.7 Å². The lowest BCUT2D eigenvalue weighted by atomic mass is 9.84. The molecule has 0 spiro atoms. The Morgan fingerprint density at radius 3 is 2.31 bits per heavy atom. The molecule has 0 amide bonds. The summed E-state index contributed by atoms with van der Waals surface area (Å²) in [5.41, 5.74) is 7.31. The first-order valence-electron chi connectivity index (χ1n) is 5.56. The Hall–Kier alpha value is -0.730.